The summed E-state index contributed by atoms with van der Waals surface area (Å²) >= 11 is 0. The number of hydrogen-bond donors (Lipinski definition) is 1. The van der Waals surface area contributed by atoms with Crippen molar-refractivity contribution in [1.82, 2.24) is 4.90 Å². The second-order valence-electron chi connectivity index (χ2n) is 4.06. The molecule has 0 saturated carbocycles. The first kappa shape index (κ1) is 16.4. The Morgan fingerprint density at radius 2 is 1.88 bits per heavy atom. The number of nitrogens with zero attached hydrogens (tertiary/aromatic N) is 1. The highest BCUT2D eigenvalue weighted by atomic mass is 16.5. The monoisotopic (exact) mass is 246 g/mol. The van der Waals surface area contributed by atoms with E-state index in [1.165, 1.54) is 0 Å². The van der Waals surface area contributed by atoms with Gasteiger partial charge in [0.2, 0.25) is 5.91 Å². The second-order valence-corrected chi connectivity index (χ2v) is 4.06. The first-order chi connectivity index (χ1) is 8.17. The Morgan fingerprint density at radius 1 is 1.24 bits per heavy atom. The maximum absolute atomic E-state index is 12.0. The van der Waals surface area contributed by atoms with E-state index in [4.69, 9.17) is 15.2 Å². The number of amides is 1. The molecule has 0 aliphatic carbocycles. The molecule has 0 aromatic rings. The topological polar surface area (TPSA) is 64.8 Å². The van der Waals surface area contributed by atoms with E-state index in [-0.39, 0.29) is 11.9 Å². The SMILES string of the molecule is CCC[C@H](N)C(=O)N(CCCOC)CCOC. The zero-order chi connectivity index (χ0) is 13.1. The highest BCUT2D eigenvalue weighted by Gasteiger charge is 2.19. The number of carbonyl (C=O) groups is 1. The molecule has 1 atom stereocenters. The van der Waals surface area contributed by atoms with Gasteiger partial charge in [0.1, 0.15) is 0 Å². The molecule has 2 N–H and O–H groups in total. The third-order valence-corrected chi connectivity index (χ3v) is 2.57. The Kier molecular flexibility index (Phi) is 10.1. The molecule has 0 radical (unpaired) electrons. The van der Waals surface area contributed by atoms with Crippen LogP contribution < -0.4 is 5.73 Å². The standard InChI is InChI=1S/C12H26N2O3/c1-4-6-11(13)12(15)14(8-10-17-3)7-5-9-16-2/h11H,4-10,13H2,1-3H3/t11-/m0/s1. The van der Waals surface area contributed by atoms with Gasteiger partial charge in [0.25, 0.3) is 0 Å². The Morgan fingerprint density at radius 3 is 2.41 bits per heavy atom. The molecule has 0 aromatic heterocycles. The molecule has 0 aromatic carbocycles. The smallest absolute Gasteiger partial charge is 0.239 e. The van der Waals surface area contributed by atoms with Crippen LogP contribution >= 0.6 is 0 Å². The second kappa shape index (κ2) is 10.5. The first-order valence-corrected chi connectivity index (χ1v) is 6.19. The highest BCUT2D eigenvalue weighted by Crippen LogP contribution is 2.01. The molecule has 0 bridgehead atoms. The summed E-state index contributed by atoms with van der Waals surface area (Å²) in [6.07, 6.45) is 2.47. The summed E-state index contributed by atoms with van der Waals surface area (Å²) in [6.45, 7) is 4.48. The molecular weight excluding hydrogens is 220 g/mol. The molecule has 5 heteroatoms. The van der Waals surface area contributed by atoms with Crippen LogP contribution in [0.15, 0.2) is 0 Å². The van der Waals surface area contributed by atoms with E-state index in [2.05, 4.69) is 0 Å². The van der Waals surface area contributed by atoms with E-state index in [0.717, 1.165) is 19.3 Å². The van der Waals surface area contributed by atoms with Gasteiger partial charge in [0, 0.05) is 33.9 Å². The van der Waals surface area contributed by atoms with Crippen LogP contribution in [0.2, 0.25) is 0 Å². The molecule has 102 valence electrons. The molecule has 0 heterocycles. The van der Waals surface area contributed by atoms with Crippen molar-refractivity contribution in [3.05, 3.63) is 0 Å². The van der Waals surface area contributed by atoms with E-state index < -0.39 is 0 Å². The molecule has 0 aliphatic heterocycles. The minimum atomic E-state index is -0.389. The maximum Gasteiger partial charge on any atom is 0.239 e. The fourth-order valence-corrected chi connectivity index (χ4v) is 1.60. The molecule has 5 nitrogen and oxygen atoms in total. The Bertz CT molecular complexity index is 200. The molecular formula is C12H26N2O3. The molecule has 0 unspecified atom stereocenters. The highest BCUT2D eigenvalue weighted by molar-refractivity contribution is 5.81. The van der Waals surface area contributed by atoms with E-state index in [0.29, 0.717) is 26.3 Å². The van der Waals surface area contributed by atoms with E-state index in [9.17, 15) is 4.79 Å². The normalized spacial score (nSPS) is 12.5. The average Bonchev–Trinajstić information content (AvgIpc) is 2.33. The van der Waals surface area contributed by atoms with Gasteiger partial charge in [-0.3, -0.25) is 4.79 Å². The summed E-state index contributed by atoms with van der Waals surface area (Å²) in [6, 6.07) is -0.389. The fourth-order valence-electron chi connectivity index (χ4n) is 1.60. The van der Waals surface area contributed by atoms with Crippen molar-refractivity contribution in [3.63, 3.8) is 0 Å². The quantitative estimate of drug-likeness (QED) is 0.574. The number of ether oxygens (including phenoxy) is 2. The lowest BCUT2D eigenvalue weighted by molar-refractivity contribution is -0.133. The van der Waals surface area contributed by atoms with Gasteiger partial charge in [-0.2, -0.15) is 0 Å². The summed E-state index contributed by atoms with van der Waals surface area (Å²) in [5.74, 6) is 0.0139. The van der Waals surface area contributed by atoms with Gasteiger partial charge in [-0.1, -0.05) is 13.3 Å². The van der Waals surface area contributed by atoms with Crippen LogP contribution in [0, 0.1) is 0 Å². The first-order valence-electron chi connectivity index (χ1n) is 6.19. The molecule has 0 rings (SSSR count). The molecule has 0 spiro atoms. The van der Waals surface area contributed by atoms with Crippen molar-refractivity contribution in [1.29, 1.82) is 0 Å². The lowest BCUT2D eigenvalue weighted by Gasteiger charge is -2.25. The number of hydrogen-bond acceptors (Lipinski definition) is 4. The van der Waals surface area contributed by atoms with Gasteiger partial charge in [-0.05, 0) is 12.8 Å². The Labute approximate surface area is 104 Å². The molecule has 0 fully saturated rings. The van der Waals surface area contributed by atoms with Crippen LogP contribution in [0.1, 0.15) is 26.2 Å². The van der Waals surface area contributed by atoms with Gasteiger partial charge >= 0.3 is 0 Å². The lowest BCUT2D eigenvalue weighted by Crippen LogP contribution is -2.45. The van der Waals surface area contributed by atoms with Gasteiger partial charge in [-0.15, -0.1) is 0 Å². The summed E-state index contributed by atoms with van der Waals surface area (Å²) < 4.78 is 9.99. The van der Waals surface area contributed by atoms with Crippen molar-refractivity contribution < 1.29 is 14.3 Å². The molecule has 17 heavy (non-hydrogen) atoms. The van der Waals surface area contributed by atoms with Gasteiger partial charge < -0.3 is 20.1 Å². The fraction of sp³-hybridized carbons (Fsp3) is 0.917. The van der Waals surface area contributed by atoms with E-state index in [1.807, 2.05) is 6.92 Å². The maximum atomic E-state index is 12.0. The summed E-state index contributed by atoms with van der Waals surface area (Å²) in [5.41, 5.74) is 5.84. The van der Waals surface area contributed by atoms with Crippen molar-refractivity contribution in [3.8, 4) is 0 Å². The van der Waals surface area contributed by atoms with E-state index >= 15 is 0 Å². The van der Waals surface area contributed by atoms with Crippen LogP contribution in [0.3, 0.4) is 0 Å². The predicted molar refractivity (Wildman–Crippen MR) is 67.8 cm³/mol. The van der Waals surface area contributed by atoms with Crippen LogP contribution in [-0.4, -0.2) is 57.4 Å². The molecule has 1 amide bonds. The number of carbonyl (C=O) groups excluding carboxylic acids is 1. The van der Waals surface area contributed by atoms with Crippen LogP contribution in [0.5, 0.6) is 0 Å². The minimum Gasteiger partial charge on any atom is -0.385 e. The number of nitrogens with two attached hydrogens (primary N) is 1. The Hall–Kier alpha value is -0.650. The molecule has 0 saturated heterocycles. The van der Waals surface area contributed by atoms with Crippen molar-refractivity contribution in [2.75, 3.05) is 40.5 Å². The zero-order valence-corrected chi connectivity index (χ0v) is 11.3. The van der Waals surface area contributed by atoms with Crippen molar-refractivity contribution in [2.45, 2.75) is 32.2 Å². The third kappa shape index (κ3) is 7.31. The van der Waals surface area contributed by atoms with Gasteiger partial charge in [-0.25, -0.2) is 0 Å². The van der Waals surface area contributed by atoms with E-state index in [1.54, 1.807) is 19.1 Å². The number of rotatable bonds is 10. The molecule has 0 aliphatic rings. The Balaban J connectivity index is 4.17. The van der Waals surface area contributed by atoms with Crippen molar-refractivity contribution >= 4 is 5.91 Å². The average molecular weight is 246 g/mol. The van der Waals surface area contributed by atoms with Gasteiger partial charge in [0.15, 0.2) is 0 Å². The summed E-state index contributed by atoms with van der Waals surface area (Å²) in [7, 11) is 3.29. The largest absolute Gasteiger partial charge is 0.385 e. The summed E-state index contributed by atoms with van der Waals surface area (Å²) in [5, 5.41) is 0. The van der Waals surface area contributed by atoms with Gasteiger partial charge in [0.05, 0.1) is 12.6 Å². The third-order valence-electron chi connectivity index (χ3n) is 2.57. The summed E-state index contributed by atoms with van der Waals surface area (Å²) in [4.78, 5) is 13.8. The minimum absolute atomic E-state index is 0.0139. The van der Waals surface area contributed by atoms with Crippen LogP contribution in [0.25, 0.3) is 0 Å². The zero-order valence-electron chi connectivity index (χ0n) is 11.3. The van der Waals surface area contributed by atoms with Crippen LogP contribution in [0.4, 0.5) is 0 Å². The van der Waals surface area contributed by atoms with Crippen molar-refractivity contribution in [2.24, 2.45) is 5.73 Å². The lowest BCUT2D eigenvalue weighted by atomic mass is 10.1. The van der Waals surface area contributed by atoms with Crippen LogP contribution in [-0.2, 0) is 14.3 Å². The predicted octanol–water partition coefficient (Wildman–Crippen LogP) is 0.625. The number of methoxy groups -OCH3 is 2.